The van der Waals surface area contributed by atoms with E-state index < -0.39 is 11.7 Å². The first-order valence-corrected chi connectivity index (χ1v) is 10.2. The van der Waals surface area contributed by atoms with Crippen molar-refractivity contribution >= 4 is 11.8 Å². The molecule has 1 atom stereocenters. The summed E-state index contributed by atoms with van der Waals surface area (Å²) < 4.78 is 24.6. The third-order valence-corrected chi connectivity index (χ3v) is 5.79. The predicted molar refractivity (Wildman–Crippen MR) is 107 cm³/mol. The number of benzene rings is 1. The molecule has 0 aliphatic carbocycles. The van der Waals surface area contributed by atoms with Gasteiger partial charge in [0.2, 0.25) is 0 Å². The summed E-state index contributed by atoms with van der Waals surface area (Å²) >= 11 is 0. The van der Waals surface area contributed by atoms with Gasteiger partial charge in [0.05, 0.1) is 11.9 Å². The molecule has 1 unspecified atom stereocenters. The Kier molecular flexibility index (Phi) is 5.87. The van der Waals surface area contributed by atoms with E-state index in [1.54, 1.807) is 29.2 Å². The van der Waals surface area contributed by atoms with E-state index in [2.05, 4.69) is 10.2 Å². The summed E-state index contributed by atoms with van der Waals surface area (Å²) in [4.78, 5) is 29.1. The number of likely N-dealkylation sites (tertiary alicyclic amines) is 1. The molecule has 4 rings (SSSR count). The van der Waals surface area contributed by atoms with Gasteiger partial charge in [0, 0.05) is 32.7 Å². The van der Waals surface area contributed by atoms with Crippen molar-refractivity contribution in [1.82, 2.24) is 15.1 Å². The van der Waals surface area contributed by atoms with E-state index in [0.717, 1.165) is 12.1 Å². The summed E-state index contributed by atoms with van der Waals surface area (Å²) in [5.74, 6) is -0.265. The number of nitrogens with one attached hydrogen (secondary N) is 1. The van der Waals surface area contributed by atoms with Gasteiger partial charge in [-0.15, -0.1) is 0 Å². The lowest BCUT2D eigenvalue weighted by molar-refractivity contribution is -0.180. The molecule has 3 heterocycles. The van der Waals surface area contributed by atoms with E-state index >= 15 is 0 Å². The number of hydrogen-bond acceptors (Lipinski definition) is 5. The van der Waals surface area contributed by atoms with Crippen LogP contribution in [0.3, 0.4) is 0 Å². The van der Waals surface area contributed by atoms with Crippen LogP contribution < -0.4 is 5.32 Å². The summed E-state index contributed by atoms with van der Waals surface area (Å²) in [5.41, 5.74) is 0.374. The minimum Gasteiger partial charge on any atom is -0.459 e. The lowest BCUT2D eigenvalue weighted by atomic mass is 9.88. The van der Waals surface area contributed by atoms with Gasteiger partial charge in [-0.25, -0.2) is 4.39 Å². The average molecular weight is 415 g/mol. The quantitative estimate of drug-likeness (QED) is 0.827. The van der Waals surface area contributed by atoms with E-state index in [1.807, 2.05) is 7.05 Å². The molecule has 0 radical (unpaired) electrons. The Labute approximate surface area is 174 Å². The number of piperidine rings is 1. The second kappa shape index (κ2) is 8.57. The monoisotopic (exact) mass is 415 g/mol. The van der Waals surface area contributed by atoms with Gasteiger partial charge in [-0.05, 0) is 49.7 Å². The number of furan rings is 1. The van der Waals surface area contributed by atoms with Crippen LogP contribution in [0.5, 0.6) is 0 Å². The van der Waals surface area contributed by atoms with Crippen LogP contribution >= 0.6 is 0 Å². The van der Waals surface area contributed by atoms with Crippen molar-refractivity contribution in [3.63, 3.8) is 0 Å². The summed E-state index contributed by atoms with van der Waals surface area (Å²) in [5, 5.41) is 2.89. The van der Waals surface area contributed by atoms with Crippen molar-refractivity contribution < 1.29 is 23.1 Å². The van der Waals surface area contributed by atoms with Gasteiger partial charge < -0.3 is 24.3 Å². The average Bonchev–Trinajstić information content (AvgIpc) is 3.27. The molecule has 0 saturated carbocycles. The van der Waals surface area contributed by atoms with Gasteiger partial charge in [-0.3, -0.25) is 9.59 Å². The van der Waals surface area contributed by atoms with Gasteiger partial charge in [0.25, 0.3) is 11.8 Å². The van der Waals surface area contributed by atoms with Crippen LogP contribution in [0.4, 0.5) is 4.39 Å². The smallest absolute Gasteiger partial charge is 0.289 e. The Bertz CT molecular complexity index is 876. The summed E-state index contributed by atoms with van der Waals surface area (Å²) in [6, 6.07) is 9.41. The van der Waals surface area contributed by atoms with Crippen LogP contribution in [-0.2, 0) is 16.1 Å². The molecule has 1 N–H and O–H groups in total. The second-order valence-electron chi connectivity index (χ2n) is 8.10. The molecule has 8 heteroatoms. The number of nitrogens with zero attached hydrogens (tertiary/aromatic N) is 2. The van der Waals surface area contributed by atoms with Gasteiger partial charge in [-0.2, -0.15) is 0 Å². The highest BCUT2D eigenvalue weighted by atomic mass is 19.1. The highest BCUT2D eigenvalue weighted by molar-refractivity contribution is 5.91. The third kappa shape index (κ3) is 4.55. The topological polar surface area (TPSA) is 75.0 Å². The van der Waals surface area contributed by atoms with Crippen molar-refractivity contribution in [2.75, 3.05) is 33.2 Å². The molecule has 30 heavy (non-hydrogen) atoms. The first-order chi connectivity index (χ1) is 14.4. The Morgan fingerprint density at radius 1 is 1.20 bits per heavy atom. The van der Waals surface area contributed by atoms with E-state index in [9.17, 15) is 14.0 Å². The largest absolute Gasteiger partial charge is 0.459 e. The van der Waals surface area contributed by atoms with Crippen LogP contribution in [-0.4, -0.2) is 66.5 Å². The molecule has 1 aromatic heterocycles. The lowest BCUT2D eigenvalue weighted by Gasteiger charge is -2.48. The van der Waals surface area contributed by atoms with Gasteiger partial charge in [-0.1, -0.05) is 12.1 Å². The molecule has 7 nitrogen and oxygen atoms in total. The van der Waals surface area contributed by atoms with Crippen molar-refractivity contribution in [2.24, 2.45) is 0 Å². The molecule has 1 aromatic carbocycles. The molecule has 2 aliphatic heterocycles. The molecule has 0 bridgehead atoms. The van der Waals surface area contributed by atoms with Crippen molar-refractivity contribution in [3.05, 3.63) is 59.8 Å². The van der Waals surface area contributed by atoms with Crippen LogP contribution in [0.1, 0.15) is 29.0 Å². The molecular weight excluding hydrogens is 389 g/mol. The number of carbonyl (C=O) groups is 2. The molecular formula is C22H26FN3O4. The fraction of sp³-hybridized carbons (Fsp3) is 0.455. The zero-order valence-electron chi connectivity index (χ0n) is 17.0. The number of amides is 2. The number of rotatable bonds is 4. The standard InChI is InChI=1S/C22H26FN3O4/c1-25-14-19(20(27)24-13-16-4-6-17(23)7-5-16)30-22(15-25)8-10-26(11-9-22)21(28)18-3-2-12-29-18/h2-7,12,19H,8-11,13-15H2,1H3,(H,24,27). The third-order valence-electron chi connectivity index (χ3n) is 5.79. The van der Waals surface area contributed by atoms with E-state index in [-0.39, 0.29) is 17.6 Å². The maximum Gasteiger partial charge on any atom is 0.289 e. The van der Waals surface area contributed by atoms with Crippen molar-refractivity contribution in [3.8, 4) is 0 Å². The molecule has 2 aliphatic rings. The van der Waals surface area contributed by atoms with Gasteiger partial charge in [0.1, 0.15) is 11.9 Å². The SMILES string of the molecule is CN1CC(C(=O)NCc2ccc(F)cc2)OC2(CCN(C(=O)c3ccco3)CC2)C1. The maximum atomic E-state index is 13.0. The number of morpholine rings is 1. The van der Waals surface area contributed by atoms with E-state index in [1.165, 1.54) is 18.4 Å². The maximum absolute atomic E-state index is 13.0. The van der Waals surface area contributed by atoms with Crippen LogP contribution in [0.25, 0.3) is 0 Å². The summed E-state index contributed by atoms with van der Waals surface area (Å²) in [6.07, 6.45) is 2.22. The van der Waals surface area contributed by atoms with E-state index in [0.29, 0.717) is 44.8 Å². The second-order valence-corrected chi connectivity index (χ2v) is 8.10. The number of ether oxygens (including phenoxy) is 1. The minimum atomic E-state index is -0.587. The Hall–Kier alpha value is -2.71. The number of carbonyl (C=O) groups excluding carboxylic acids is 2. The van der Waals surface area contributed by atoms with E-state index in [4.69, 9.17) is 9.15 Å². The summed E-state index contributed by atoms with van der Waals surface area (Å²) in [6.45, 7) is 2.65. The Morgan fingerprint density at radius 3 is 2.60 bits per heavy atom. The zero-order valence-corrected chi connectivity index (χ0v) is 17.0. The molecule has 2 amide bonds. The fourth-order valence-electron chi connectivity index (χ4n) is 4.21. The minimum absolute atomic E-state index is 0.118. The first-order valence-electron chi connectivity index (χ1n) is 10.2. The lowest BCUT2D eigenvalue weighted by Crippen LogP contribution is -2.61. The van der Waals surface area contributed by atoms with Gasteiger partial charge >= 0.3 is 0 Å². The zero-order chi connectivity index (χ0) is 21.1. The molecule has 1 spiro atoms. The summed E-state index contributed by atoms with van der Waals surface area (Å²) in [7, 11) is 1.98. The van der Waals surface area contributed by atoms with Gasteiger partial charge in [0.15, 0.2) is 5.76 Å². The highest BCUT2D eigenvalue weighted by Gasteiger charge is 2.44. The van der Waals surface area contributed by atoms with Crippen LogP contribution in [0, 0.1) is 5.82 Å². The number of halogens is 1. The fourth-order valence-corrected chi connectivity index (χ4v) is 4.21. The Morgan fingerprint density at radius 2 is 1.93 bits per heavy atom. The Balaban J connectivity index is 1.34. The first kappa shape index (κ1) is 20.6. The van der Waals surface area contributed by atoms with Crippen LogP contribution in [0.15, 0.2) is 47.1 Å². The molecule has 2 saturated heterocycles. The predicted octanol–water partition coefficient (Wildman–Crippen LogP) is 2.04. The number of hydrogen-bond donors (Lipinski definition) is 1. The molecule has 160 valence electrons. The molecule has 2 aromatic rings. The normalized spacial score (nSPS) is 21.5. The van der Waals surface area contributed by atoms with Crippen molar-refractivity contribution in [1.29, 1.82) is 0 Å². The number of likely N-dealkylation sites (N-methyl/N-ethyl adjacent to an activating group) is 1. The van der Waals surface area contributed by atoms with Crippen LogP contribution in [0.2, 0.25) is 0 Å². The van der Waals surface area contributed by atoms with Crippen molar-refractivity contribution in [2.45, 2.75) is 31.1 Å². The molecule has 2 fully saturated rings. The highest BCUT2D eigenvalue weighted by Crippen LogP contribution is 2.32.